The Morgan fingerprint density at radius 2 is 1.88 bits per heavy atom. The second kappa shape index (κ2) is 5.47. The Bertz CT molecular complexity index is 367. The van der Waals surface area contributed by atoms with Gasteiger partial charge in [-0.2, -0.15) is 0 Å². The average molecular weight is 216 g/mol. The van der Waals surface area contributed by atoms with E-state index < -0.39 is 0 Å². The van der Waals surface area contributed by atoms with Crippen LogP contribution in [-0.2, 0) is 4.79 Å². The van der Waals surface area contributed by atoms with E-state index in [2.05, 4.69) is 5.32 Å². The minimum Gasteiger partial charge on any atom is -0.337 e. The average Bonchev–Trinajstić information content (AvgIpc) is 2.38. The van der Waals surface area contributed by atoms with Gasteiger partial charge in [0.2, 0.25) is 5.91 Å². The normalized spacial score (nSPS) is 16.6. The predicted molar refractivity (Wildman–Crippen MR) is 64.9 cm³/mol. The molecule has 3 nitrogen and oxygen atoms in total. The van der Waals surface area contributed by atoms with Crippen molar-refractivity contribution in [1.29, 1.82) is 0 Å². The van der Waals surface area contributed by atoms with Gasteiger partial charge >= 0.3 is 0 Å². The molecular weight excluding hydrogens is 200 g/mol. The monoisotopic (exact) mass is 216 g/mol. The molecule has 0 radical (unpaired) electrons. The molecule has 1 aromatic carbocycles. The van der Waals surface area contributed by atoms with Crippen LogP contribution in [0.4, 0.5) is 0 Å². The molecule has 0 saturated carbocycles. The van der Waals surface area contributed by atoms with E-state index in [1.165, 1.54) is 0 Å². The fraction of sp³-hybridized carbons (Fsp3) is 0.308. The Kier molecular flexibility index (Phi) is 3.72. The zero-order valence-corrected chi connectivity index (χ0v) is 9.23. The van der Waals surface area contributed by atoms with Crippen LogP contribution in [-0.4, -0.2) is 37.0 Å². The third-order valence-electron chi connectivity index (χ3n) is 2.65. The number of nitrogens with one attached hydrogen (secondary N) is 1. The van der Waals surface area contributed by atoms with Crippen LogP contribution >= 0.6 is 0 Å². The van der Waals surface area contributed by atoms with Crippen LogP contribution in [0, 0.1) is 0 Å². The van der Waals surface area contributed by atoms with Gasteiger partial charge in [-0.15, -0.1) is 0 Å². The summed E-state index contributed by atoms with van der Waals surface area (Å²) in [6, 6.07) is 9.88. The van der Waals surface area contributed by atoms with Gasteiger partial charge in [0.15, 0.2) is 0 Å². The molecule has 0 unspecified atom stereocenters. The molecule has 84 valence electrons. The van der Waals surface area contributed by atoms with Crippen molar-refractivity contribution >= 4 is 12.0 Å². The quantitative estimate of drug-likeness (QED) is 0.752. The van der Waals surface area contributed by atoms with Crippen LogP contribution in [0.5, 0.6) is 0 Å². The summed E-state index contributed by atoms with van der Waals surface area (Å²) in [6.07, 6.45) is 3.52. The number of rotatable bonds is 2. The van der Waals surface area contributed by atoms with E-state index in [9.17, 15) is 4.79 Å². The number of piperazine rings is 1. The minimum atomic E-state index is 0.102. The molecule has 1 N–H and O–H groups in total. The number of hydrogen-bond acceptors (Lipinski definition) is 2. The molecule has 1 aromatic rings. The van der Waals surface area contributed by atoms with Crippen LogP contribution in [0.2, 0.25) is 0 Å². The van der Waals surface area contributed by atoms with Crippen LogP contribution in [0.1, 0.15) is 5.56 Å². The molecule has 0 aliphatic carbocycles. The Hall–Kier alpha value is -1.61. The van der Waals surface area contributed by atoms with E-state index in [1.807, 2.05) is 41.3 Å². The lowest BCUT2D eigenvalue weighted by Crippen LogP contribution is -2.45. The highest BCUT2D eigenvalue weighted by Gasteiger charge is 2.12. The highest BCUT2D eigenvalue weighted by Crippen LogP contribution is 2.02. The fourth-order valence-electron chi connectivity index (χ4n) is 1.72. The summed E-state index contributed by atoms with van der Waals surface area (Å²) in [5.74, 6) is 0.102. The number of amides is 1. The highest BCUT2D eigenvalue weighted by molar-refractivity contribution is 5.91. The summed E-state index contributed by atoms with van der Waals surface area (Å²) in [6.45, 7) is 3.39. The lowest BCUT2D eigenvalue weighted by Gasteiger charge is -2.26. The molecule has 1 fully saturated rings. The van der Waals surface area contributed by atoms with Crippen molar-refractivity contribution in [3.8, 4) is 0 Å². The van der Waals surface area contributed by atoms with Crippen molar-refractivity contribution in [2.24, 2.45) is 0 Å². The first-order chi connectivity index (χ1) is 7.86. The van der Waals surface area contributed by atoms with E-state index in [1.54, 1.807) is 6.08 Å². The van der Waals surface area contributed by atoms with Gasteiger partial charge in [-0.1, -0.05) is 30.3 Å². The molecule has 0 aromatic heterocycles. The Labute approximate surface area is 95.8 Å². The summed E-state index contributed by atoms with van der Waals surface area (Å²) in [4.78, 5) is 13.7. The van der Waals surface area contributed by atoms with Gasteiger partial charge in [-0.3, -0.25) is 4.79 Å². The molecule has 3 heteroatoms. The summed E-state index contributed by atoms with van der Waals surface area (Å²) in [5.41, 5.74) is 1.06. The van der Waals surface area contributed by atoms with Crippen molar-refractivity contribution < 1.29 is 4.79 Å². The third kappa shape index (κ3) is 2.94. The minimum absolute atomic E-state index is 0.102. The zero-order chi connectivity index (χ0) is 11.2. The van der Waals surface area contributed by atoms with E-state index in [0.717, 1.165) is 31.7 Å². The maximum absolute atomic E-state index is 11.8. The van der Waals surface area contributed by atoms with Gasteiger partial charge in [0.1, 0.15) is 0 Å². The second-order valence-corrected chi connectivity index (χ2v) is 3.82. The largest absolute Gasteiger partial charge is 0.337 e. The van der Waals surface area contributed by atoms with Crippen LogP contribution < -0.4 is 5.32 Å². The van der Waals surface area contributed by atoms with Crippen molar-refractivity contribution in [3.05, 3.63) is 42.0 Å². The van der Waals surface area contributed by atoms with E-state index in [4.69, 9.17) is 0 Å². The van der Waals surface area contributed by atoms with E-state index >= 15 is 0 Å². The van der Waals surface area contributed by atoms with Gasteiger partial charge in [0, 0.05) is 32.3 Å². The zero-order valence-electron chi connectivity index (χ0n) is 9.23. The topological polar surface area (TPSA) is 32.3 Å². The number of carbonyl (C=O) groups is 1. The van der Waals surface area contributed by atoms with Crippen molar-refractivity contribution in [2.75, 3.05) is 26.2 Å². The van der Waals surface area contributed by atoms with Gasteiger partial charge in [-0.05, 0) is 11.6 Å². The van der Waals surface area contributed by atoms with E-state index in [0.29, 0.717) is 0 Å². The predicted octanol–water partition coefficient (Wildman–Crippen LogP) is 1.13. The van der Waals surface area contributed by atoms with Gasteiger partial charge in [0.25, 0.3) is 0 Å². The standard InChI is InChI=1S/C13H16N2O/c16-13(15-10-8-14-9-11-15)7-6-12-4-2-1-3-5-12/h1-7,14H,8-11H2. The molecule has 1 heterocycles. The summed E-state index contributed by atoms with van der Waals surface area (Å²) >= 11 is 0. The summed E-state index contributed by atoms with van der Waals surface area (Å²) in [7, 11) is 0. The smallest absolute Gasteiger partial charge is 0.246 e. The molecule has 1 aliphatic rings. The Balaban J connectivity index is 1.93. The molecule has 1 aliphatic heterocycles. The van der Waals surface area contributed by atoms with Crippen molar-refractivity contribution in [1.82, 2.24) is 10.2 Å². The number of nitrogens with zero attached hydrogens (tertiary/aromatic N) is 1. The molecule has 0 spiro atoms. The molecule has 16 heavy (non-hydrogen) atoms. The lowest BCUT2D eigenvalue weighted by molar-refractivity contribution is -0.126. The van der Waals surface area contributed by atoms with Gasteiger partial charge < -0.3 is 10.2 Å². The third-order valence-corrected chi connectivity index (χ3v) is 2.65. The van der Waals surface area contributed by atoms with Crippen molar-refractivity contribution in [2.45, 2.75) is 0 Å². The number of benzene rings is 1. The van der Waals surface area contributed by atoms with Crippen LogP contribution in [0.25, 0.3) is 6.08 Å². The first-order valence-corrected chi connectivity index (χ1v) is 5.59. The number of carbonyl (C=O) groups excluding carboxylic acids is 1. The Morgan fingerprint density at radius 1 is 1.19 bits per heavy atom. The molecule has 1 saturated heterocycles. The molecule has 0 atom stereocenters. The van der Waals surface area contributed by atoms with E-state index in [-0.39, 0.29) is 5.91 Å². The highest BCUT2D eigenvalue weighted by atomic mass is 16.2. The van der Waals surface area contributed by atoms with Crippen LogP contribution in [0.15, 0.2) is 36.4 Å². The molecule has 2 rings (SSSR count). The van der Waals surface area contributed by atoms with Crippen molar-refractivity contribution in [3.63, 3.8) is 0 Å². The van der Waals surface area contributed by atoms with Gasteiger partial charge in [-0.25, -0.2) is 0 Å². The number of hydrogen-bond donors (Lipinski definition) is 1. The summed E-state index contributed by atoms with van der Waals surface area (Å²) < 4.78 is 0. The fourth-order valence-corrected chi connectivity index (χ4v) is 1.72. The summed E-state index contributed by atoms with van der Waals surface area (Å²) in [5, 5.41) is 3.23. The molecule has 0 bridgehead atoms. The molecule has 1 amide bonds. The second-order valence-electron chi connectivity index (χ2n) is 3.82. The van der Waals surface area contributed by atoms with Gasteiger partial charge in [0.05, 0.1) is 0 Å². The maximum Gasteiger partial charge on any atom is 0.246 e. The first kappa shape index (κ1) is 10.9. The first-order valence-electron chi connectivity index (χ1n) is 5.59. The Morgan fingerprint density at radius 3 is 2.56 bits per heavy atom. The SMILES string of the molecule is O=C(C=Cc1ccccc1)N1CCNCC1. The lowest BCUT2D eigenvalue weighted by atomic mass is 10.2. The molecular formula is C13H16N2O. The van der Waals surface area contributed by atoms with Crippen LogP contribution in [0.3, 0.4) is 0 Å². The maximum atomic E-state index is 11.8.